The van der Waals surface area contributed by atoms with Gasteiger partial charge < -0.3 is 9.55 Å². The molecule has 0 aliphatic heterocycles. The molecule has 0 saturated carbocycles. The number of hydrogen-bond donors (Lipinski definition) is 1. The third-order valence-corrected chi connectivity index (χ3v) is 3.67. The number of rotatable bonds is 1. The number of nitrogens with zero attached hydrogens (tertiary/aromatic N) is 3. The molecule has 0 aliphatic rings. The van der Waals surface area contributed by atoms with Gasteiger partial charge in [0, 0.05) is 35.9 Å². The lowest BCUT2D eigenvalue weighted by Gasteiger charge is -2.02. The van der Waals surface area contributed by atoms with E-state index < -0.39 is 0 Å². The van der Waals surface area contributed by atoms with Gasteiger partial charge in [0.05, 0.1) is 11.0 Å². The molecule has 0 aliphatic carbocycles. The van der Waals surface area contributed by atoms with Crippen LogP contribution in [-0.4, -0.2) is 19.5 Å². The van der Waals surface area contributed by atoms with Crippen LogP contribution in [0.4, 0.5) is 0 Å². The Morgan fingerprint density at radius 3 is 2.85 bits per heavy atom. The number of hydrogen-bond acceptors (Lipinski definition) is 2. The number of benzene rings is 1. The Labute approximate surface area is 116 Å². The molecule has 0 spiro atoms. The van der Waals surface area contributed by atoms with Gasteiger partial charge in [-0.15, -0.1) is 0 Å². The zero-order valence-electron chi connectivity index (χ0n) is 11.4. The summed E-state index contributed by atoms with van der Waals surface area (Å²) in [5, 5.41) is 1.21. The van der Waals surface area contributed by atoms with E-state index in [0.717, 1.165) is 28.1 Å². The summed E-state index contributed by atoms with van der Waals surface area (Å²) in [7, 11) is 2.06. The molecule has 4 nitrogen and oxygen atoms in total. The third kappa shape index (κ3) is 1.48. The van der Waals surface area contributed by atoms with E-state index in [1.54, 1.807) is 0 Å². The van der Waals surface area contributed by atoms with Crippen molar-refractivity contribution in [3.05, 3.63) is 48.5 Å². The predicted molar refractivity (Wildman–Crippen MR) is 80.5 cm³/mol. The van der Waals surface area contributed by atoms with Crippen LogP contribution in [0.5, 0.6) is 0 Å². The molecule has 4 heteroatoms. The summed E-state index contributed by atoms with van der Waals surface area (Å²) in [6.45, 7) is 1.93. The predicted octanol–water partition coefficient (Wildman–Crippen LogP) is 3.43. The molecule has 1 aromatic carbocycles. The minimum absolute atomic E-state index is 0.792. The molecule has 0 radical (unpaired) electrons. The fourth-order valence-electron chi connectivity index (χ4n) is 2.79. The van der Waals surface area contributed by atoms with E-state index in [9.17, 15) is 0 Å². The van der Waals surface area contributed by atoms with E-state index in [1.807, 2.05) is 19.2 Å². The molecule has 0 fully saturated rings. The summed E-state index contributed by atoms with van der Waals surface area (Å²) in [6.07, 6.45) is 4.04. The Kier molecular flexibility index (Phi) is 2.21. The summed E-state index contributed by atoms with van der Waals surface area (Å²) in [5.74, 6) is 0.792. The fraction of sp³-hybridized carbons (Fsp3) is 0.125. The van der Waals surface area contributed by atoms with Crippen LogP contribution in [0, 0.1) is 6.92 Å². The Balaban J connectivity index is 2.14. The topological polar surface area (TPSA) is 46.5 Å². The van der Waals surface area contributed by atoms with E-state index in [1.165, 1.54) is 10.9 Å². The van der Waals surface area contributed by atoms with Crippen molar-refractivity contribution in [1.29, 1.82) is 0 Å². The first-order valence-electron chi connectivity index (χ1n) is 6.60. The highest BCUT2D eigenvalue weighted by molar-refractivity contribution is 6.01. The second-order valence-electron chi connectivity index (χ2n) is 5.03. The third-order valence-electron chi connectivity index (χ3n) is 3.67. The zero-order valence-corrected chi connectivity index (χ0v) is 11.4. The van der Waals surface area contributed by atoms with Gasteiger partial charge >= 0.3 is 0 Å². The summed E-state index contributed by atoms with van der Waals surface area (Å²) >= 11 is 0. The average Bonchev–Trinajstić information content (AvgIpc) is 3.03. The normalized spacial score (nSPS) is 11.5. The van der Waals surface area contributed by atoms with Crippen LogP contribution in [-0.2, 0) is 7.05 Å². The van der Waals surface area contributed by atoms with Crippen molar-refractivity contribution in [2.45, 2.75) is 6.92 Å². The lowest BCUT2D eigenvalue weighted by atomic mass is 10.1. The molecule has 20 heavy (non-hydrogen) atoms. The lowest BCUT2D eigenvalue weighted by molar-refractivity contribution is 0.969. The van der Waals surface area contributed by atoms with Crippen LogP contribution in [0.2, 0.25) is 0 Å². The Hall–Kier alpha value is -2.62. The average molecular weight is 262 g/mol. The molecule has 0 unspecified atom stereocenters. The Morgan fingerprint density at radius 1 is 1.10 bits per heavy atom. The number of aryl methyl sites for hydroxylation is 2. The molecule has 0 bridgehead atoms. The van der Waals surface area contributed by atoms with Crippen molar-refractivity contribution in [3.8, 4) is 11.3 Å². The second kappa shape index (κ2) is 3.93. The van der Waals surface area contributed by atoms with Gasteiger partial charge in [-0.1, -0.05) is 18.2 Å². The highest BCUT2D eigenvalue weighted by atomic mass is 14.9. The second-order valence-corrected chi connectivity index (χ2v) is 5.03. The monoisotopic (exact) mass is 262 g/mol. The zero-order chi connectivity index (χ0) is 13.7. The molecule has 4 aromatic rings. The van der Waals surface area contributed by atoms with Crippen molar-refractivity contribution in [1.82, 2.24) is 19.5 Å². The summed E-state index contributed by atoms with van der Waals surface area (Å²) in [5.41, 5.74) is 5.27. The van der Waals surface area contributed by atoms with Gasteiger partial charge in [-0.05, 0) is 19.1 Å². The van der Waals surface area contributed by atoms with Crippen LogP contribution in [0.1, 0.15) is 5.82 Å². The standard InChI is InChI=1S/C16H14N4/c1-10-18-13-7-8-17-16(13)15(19-10)12-9-20(2)14-6-4-3-5-11(12)14/h3-9,17H,1-2H3. The van der Waals surface area contributed by atoms with Crippen molar-refractivity contribution >= 4 is 21.9 Å². The van der Waals surface area contributed by atoms with Crippen LogP contribution in [0.15, 0.2) is 42.7 Å². The molecule has 0 atom stereocenters. The van der Waals surface area contributed by atoms with Gasteiger partial charge in [0.1, 0.15) is 11.5 Å². The Morgan fingerprint density at radius 2 is 1.95 bits per heavy atom. The first kappa shape index (κ1) is 11.2. The minimum atomic E-state index is 0.792. The van der Waals surface area contributed by atoms with Crippen LogP contribution < -0.4 is 0 Å². The van der Waals surface area contributed by atoms with Gasteiger partial charge in [-0.25, -0.2) is 9.97 Å². The van der Waals surface area contributed by atoms with E-state index in [2.05, 4.69) is 57.0 Å². The minimum Gasteiger partial charge on any atom is -0.358 e. The van der Waals surface area contributed by atoms with E-state index in [0.29, 0.717) is 0 Å². The van der Waals surface area contributed by atoms with E-state index >= 15 is 0 Å². The van der Waals surface area contributed by atoms with Gasteiger partial charge in [-0.2, -0.15) is 0 Å². The number of H-pyrrole nitrogens is 1. The SMILES string of the molecule is Cc1nc(-c2cn(C)c3ccccc23)c2[nH]ccc2n1. The summed E-state index contributed by atoms with van der Waals surface area (Å²) < 4.78 is 2.14. The Bertz CT molecular complexity index is 930. The van der Waals surface area contributed by atoms with Crippen LogP contribution >= 0.6 is 0 Å². The molecule has 1 N–H and O–H groups in total. The smallest absolute Gasteiger partial charge is 0.126 e. The number of aromatic nitrogens is 4. The highest BCUT2D eigenvalue weighted by Gasteiger charge is 2.14. The van der Waals surface area contributed by atoms with Gasteiger partial charge in [0.25, 0.3) is 0 Å². The molecule has 4 rings (SSSR count). The summed E-state index contributed by atoms with van der Waals surface area (Å²) in [6, 6.07) is 10.4. The molecule has 3 heterocycles. The number of fused-ring (bicyclic) bond motifs is 2. The number of nitrogens with one attached hydrogen (secondary N) is 1. The van der Waals surface area contributed by atoms with Crippen molar-refractivity contribution in [2.75, 3.05) is 0 Å². The quantitative estimate of drug-likeness (QED) is 0.571. The van der Waals surface area contributed by atoms with Crippen molar-refractivity contribution < 1.29 is 0 Å². The van der Waals surface area contributed by atoms with E-state index in [-0.39, 0.29) is 0 Å². The molecule has 98 valence electrons. The first-order chi connectivity index (χ1) is 9.74. The molecule has 3 aromatic heterocycles. The molecule has 0 amide bonds. The molecule has 0 saturated heterocycles. The largest absolute Gasteiger partial charge is 0.358 e. The van der Waals surface area contributed by atoms with Gasteiger partial charge in [-0.3, -0.25) is 0 Å². The van der Waals surface area contributed by atoms with Gasteiger partial charge in [0.15, 0.2) is 0 Å². The maximum Gasteiger partial charge on any atom is 0.126 e. The molecular formula is C16H14N4. The van der Waals surface area contributed by atoms with Gasteiger partial charge in [0.2, 0.25) is 0 Å². The molecular weight excluding hydrogens is 248 g/mol. The summed E-state index contributed by atoms with van der Waals surface area (Å²) in [4.78, 5) is 12.4. The highest BCUT2D eigenvalue weighted by Crippen LogP contribution is 2.32. The maximum atomic E-state index is 4.65. The van der Waals surface area contributed by atoms with Crippen LogP contribution in [0.25, 0.3) is 33.2 Å². The number of para-hydroxylation sites is 1. The van der Waals surface area contributed by atoms with Crippen molar-refractivity contribution in [3.63, 3.8) is 0 Å². The van der Waals surface area contributed by atoms with E-state index in [4.69, 9.17) is 0 Å². The van der Waals surface area contributed by atoms with Crippen LogP contribution in [0.3, 0.4) is 0 Å². The number of aromatic amines is 1. The maximum absolute atomic E-state index is 4.65. The fourth-order valence-corrected chi connectivity index (χ4v) is 2.79. The first-order valence-corrected chi connectivity index (χ1v) is 6.60. The lowest BCUT2D eigenvalue weighted by Crippen LogP contribution is -1.92. The van der Waals surface area contributed by atoms with Crippen molar-refractivity contribution in [2.24, 2.45) is 7.05 Å².